The van der Waals surface area contributed by atoms with Crippen molar-refractivity contribution in [2.75, 3.05) is 20.8 Å². The van der Waals surface area contributed by atoms with Crippen LogP contribution in [0.5, 0.6) is 0 Å². The van der Waals surface area contributed by atoms with E-state index in [1.54, 1.807) is 19.8 Å². The third-order valence-electron chi connectivity index (χ3n) is 10.1. The Bertz CT molecular complexity index is 953. The van der Waals surface area contributed by atoms with Crippen molar-refractivity contribution in [2.24, 2.45) is 38.9 Å². The van der Waals surface area contributed by atoms with E-state index >= 15 is 0 Å². The molecular formula is C29H52N2O4Si2. The zero-order valence-corrected chi connectivity index (χ0v) is 27.2. The first-order valence-corrected chi connectivity index (χ1v) is 21.3. The van der Waals surface area contributed by atoms with Gasteiger partial charge in [0.25, 0.3) is 0 Å². The molecule has 0 heterocycles. The summed E-state index contributed by atoms with van der Waals surface area (Å²) in [7, 11) is -0.311. The van der Waals surface area contributed by atoms with Crippen molar-refractivity contribution < 1.29 is 18.5 Å². The molecular weight excluding hydrogens is 497 g/mol. The Morgan fingerprint density at radius 3 is 2.22 bits per heavy atom. The Morgan fingerprint density at radius 2 is 1.59 bits per heavy atom. The van der Waals surface area contributed by atoms with Crippen LogP contribution in [-0.2, 0) is 18.5 Å². The zero-order chi connectivity index (χ0) is 27.3. The lowest BCUT2D eigenvalue weighted by atomic mass is 9.46. The maximum atomic E-state index is 7.31. The summed E-state index contributed by atoms with van der Waals surface area (Å²) in [6, 6.07) is 0. The summed E-state index contributed by atoms with van der Waals surface area (Å²) >= 11 is 0. The third kappa shape index (κ3) is 5.29. The zero-order valence-electron chi connectivity index (χ0n) is 25.2. The molecule has 0 saturated heterocycles. The average molecular weight is 549 g/mol. The molecule has 3 fully saturated rings. The first-order valence-electron chi connectivity index (χ1n) is 14.4. The molecule has 6 atom stereocenters. The Balaban J connectivity index is 1.71. The van der Waals surface area contributed by atoms with Gasteiger partial charge in [0.15, 0.2) is 16.6 Å². The number of fused-ring (bicyclic) bond motifs is 5. The third-order valence-corrected chi connectivity index (χ3v) is 12.1. The summed E-state index contributed by atoms with van der Waals surface area (Å²) in [6.07, 6.45) is 11.6. The molecule has 4 rings (SSSR count). The van der Waals surface area contributed by atoms with Crippen molar-refractivity contribution in [1.29, 1.82) is 0 Å². The molecule has 0 aliphatic heterocycles. The van der Waals surface area contributed by atoms with E-state index < -0.39 is 22.2 Å². The lowest BCUT2D eigenvalue weighted by Gasteiger charge is -2.60. The fourth-order valence-corrected chi connectivity index (χ4v) is 10.7. The quantitative estimate of drug-likeness (QED) is 0.180. The van der Waals surface area contributed by atoms with E-state index in [-0.39, 0.29) is 10.8 Å². The molecule has 0 aromatic rings. The number of hydrogen-bond donors (Lipinski definition) is 0. The van der Waals surface area contributed by atoms with E-state index in [1.807, 2.05) is 0 Å². The van der Waals surface area contributed by atoms with Gasteiger partial charge in [0, 0.05) is 5.41 Å². The van der Waals surface area contributed by atoms with Gasteiger partial charge in [-0.25, -0.2) is 0 Å². The van der Waals surface area contributed by atoms with Crippen molar-refractivity contribution in [3.05, 3.63) is 11.6 Å². The lowest BCUT2D eigenvalue weighted by molar-refractivity contribution is -0.0896. The van der Waals surface area contributed by atoms with Crippen LogP contribution in [0.15, 0.2) is 22.0 Å². The maximum absolute atomic E-state index is 7.31. The summed E-state index contributed by atoms with van der Waals surface area (Å²) in [5.74, 6) is 2.07. The summed E-state index contributed by atoms with van der Waals surface area (Å²) < 4.78 is 13.8. The molecule has 0 aromatic carbocycles. The van der Waals surface area contributed by atoms with Crippen LogP contribution in [0.3, 0.4) is 0 Å². The molecule has 0 radical (unpaired) electrons. The minimum atomic E-state index is -1.90. The highest BCUT2D eigenvalue weighted by molar-refractivity contribution is 6.70. The second kappa shape index (κ2) is 10.2. The molecule has 0 aromatic heterocycles. The normalized spacial score (nSPS) is 39.5. The van der Waals surface area contributed by atoms with Crippen molar-refractivity contribution >= 4 is 28.1 Å². The summed E-state index contributed by atoms with van der Waals surface area (Å²) in [5.41, 5.74) is 3.59. The molecule has 3 saturated carbocycles. The van der Waals surface area contributed by atoms with Crippen LogP contribution in [0.4, 0.5) is 0 Å². The van der Waals surface area contributed by atoms with Crippen molar-refractivity contribution in [3.63, 3.8) is 0 Å². The van der Waals surface area contributed by atoms with Crippen LogP contribution in [-0.4, -0.2) is 54.5 Å². The maximum Gasteiger partial charge on any atom is 0.185 e. The van der Waals surface area contributed by atoms with E-state index in [2.05, 4.69) is 69.5 Å². The van der Waals surface area contributed by atoms with E-state index in [9.17, 15) is 0 Å². The van der Waals surface area contributed by atoms with Gasteiger partial charge in [-0.1, -0.05) is 29.7 Å². The van der Waals surface area contributed by atoms with Gasteiger partial charge in [-0.15, -0.1) is 0 Å². The number of nitrogens with zero attached hydrogens (tertiary/aromatic N) is 2. The van der Waals surface area contributed by atoms with Gasteiger partial charge >= 0.3 is 0 Å². The Hall–Kier alpha value is -0.966. The Kier molecular flexibility index (Phi) is 8.01. The molecule has 6 nitrogen and oxygen atoms in total. The van der Waals surface area contributed by atoms with Gasteiger partial charge in [0.1, 0.15) is 25.5 Å². The smallest absolute Gasteiger partial charge is 0.185 e. The molecule has 0 N–H and O–H groups in total. The van der Waals surface area contributed by atoms with Crippen LogP contribution in [0.2, 0.25) is 39.3 Å². The average Bonchev–Trinajstić information content (AvgIpc) is 3.08. The molecule has 8 heteroatoms. The monoisotopic (exact) mass is 548 g/mol. The second-order valence-electron chi connectivity index (χ2n) is 14.4. The molecule has 4 aliphatic carbocycles. The molecule has 37 heavy (non-hydrogen) atoms. The predicted octanol–water partition coefficient (Wildman–Crippen LogP) is 7.40. The van der Waals surface area contributed by atoms with Crippen molar-refractivity contribution in [1.82, 2.24) is 0 Å². The fraction of sp³-hybridized carbons (Fsp3) is 0.862. The summed E-state index contributed by atoms with van der Waals surface area (Å²) in [5, 5.41) is 8.98. The largest absolute Gasteiger partial charge is 0.412 e. The second-order valence-corrected chi connectivity index (χ2v) is 23.4. The van der Waals surface area contributed by atoms with Gasteiger partial charge in [0.05, 0.1) is 12.3 Å². The van der Waals surface area contributed by atoms with E-state index in [0.29, 0.717) is 12.5 Å². The highest BCUT2D eigenvalue weighted by Gasteiger charge is 2.67. The molecule has 0 amide bonds. The van der Waals surface area contributed by atoms with Gasteiger partial charge in [0.2, 0.25) is 0 Å². The van der Waals surface area contributed by atoms with Crippen LogP contribution >= 0.6 is 0 Å². The summed E-state index contributed by atoms with van der Waals surface area (Å²) in [4.78, 5) is 10.6. The van der Waals surface area contributed by atoms with E-state index in [4.69, 9.17) is 18.5 Å². The van der Waals surface area contributed by atoms with E-state index in [0.717, 1.165) is 36.1 Å². The number of allylic oxidation sites excluding steroid dienone is 2. The van der Waals surface area contributed by atoms with Crippen LogP contribution in [0.25, 0.3) is 0 Å². The van der Waals surface area contributed by atoms with Gasteiger partial charge < -0.3 is 18.5 Å². The Morgan fingerprint density at radius 1 is 0.892 bits per heavy atom. The molecule has 6 unspecified atom stereocenters. The Labute approximate surface area is 227 Å². The van der Waals surface area contributed by atoms with Crippen LogP contribution in [0, 0.1) is 28.6 Å². The van der Waals surface area contributed by atoms with Crippen molar-refractivity contribution in [3.8, 4) is 0 Å². The highest BCUT2D eigenvalue weighted by Crippen LogP contribution is 2.68. The van der Waals surface area contributed by atoms with Crippen LogP contribution < -0.4 is 0 Å². The molecule has 4 aliphatic rings. The topological polar surface area (TPSA) is 61.6 Å². The highest BCUT2D eigenvalue weighted by atomic mass is 28.4. The van der Waals surface area contributed by atoms with E-state index in [1.165, 1.54) is 38.5 Å². The predicted molar refractivity (Wildman–Crippen MR) is 157 cm³/mol. The number of hydrogen-bond acceptors (Lipinski definition) is 6. The minimum Gasteiger partial charge on any atom is -0.412 e. The van der Waals surface area contributed by atoms with Gasteiger partial charge in [-0.2, -0.15) is 0 Å². The minimum absolute atomic E-state index is 0.0313. The lowest BCUT2D eigenvalue weighted by Crippen LogP contribution is -2.62. The van der Waals surface area contributed by atoms with Crippen LogP contribution in [0.1, 0.15) is 65.2 Å². The molecule has 0 spiro atoms. The first kappa shape index (κ1) is 29.0. The fourth-order valence-electron chi connectivity index (χ4n) is 8.59. The van der Waals surface area contributed by atoms with Gasteiger partial charge in [-0.3, -0.25) is 0 Å². The van der Waals surface area contributed by atoms with Crippen molar-refractivity contribution in [2.45, 2.75) is 110 Å². The molecule has 0 bridgehead atoms. The number of rotatable bonds is 8. The standard InChI is InChI=1S/C29H52N2O4Si2/c1-27-16-13-22(30-32-3)19-21(27)11-12-23-24(27)14-17-28(2)25(23)15-18-29(28,35-37(8,9)10)26(31-33-4)20-34-36(5,6)7/h19,23-25H,11-18,20H2,1-10H3/b30-22+,31-26+. The first-order chi connectivity index (χ1) is 17.2. The van der Waals surface area contributed by atoms with Gasteiger partial charge in [-0.05, 0) is 120 Å². The number of oxime groups is 2. The molecule has 210 valence electrons. The SMILES string of the molecule is CO/N=C1/C=C2CCC3C(CCC4(C)C3CCC4(O[Si](C)(C)C)/C(CO[Si](C)(C)C)=N/OC)C2(C)CC1. The summed E-state index contributed by atoms with van der Waals surface area (Å²) in [6.45, 7) is 19.3.